The molecule has 1 aliphatic heterocycles. The van der Waals surface area contributed by atoms with E-state index in [4.69, 9.17) is 11.6 Å². The van der Waals surface area contributed by atoms with Crippen molar-refractivity contribution >= 4 is 17.4 Å². The van der Waals surface area contributed by atoms with Crippen molar-refractivity contribution < 1.29 is 13.2 Å². The van der Waals surface area contributed by atoms with Gasteiger partial charge in [-0.25, -0.2) is 4.98 Å². The molecular formula is C12H11ClF3N5. The fourth-order valence-corrected chi connectivity index (χ4v) is 2.43. The van der Waals surface area contributed by atoms with Gasteiger partial charge in [0, 0.05) is 13.1 Å². The molecule has 0 amide bonds. The summed E-state index contributed by atoms with van der Waals surface area (Å²) in [6.45, 7) is 0.818. The smallest absolute Gasteiger partial charge is 0.347 e. The lowest BCUT2D eigenvalue weighted by Gasteiger charge is -2.29. The Bertz CT molecular complexity index is 655. The Morgan fingerprint density at radius 2 is 2.00 bits per heavy atom. The third-order valence-corrected chi connectivity index (χ3v) is 3.53. The van der Waals surface area contributed by atoms with Crippen molar-refractivity contribution in [3.8, 4) is 0 Å². The average molecular weight is 318 g/mol. The lowest BCUT2D eigenvalue weighted by atomic mass is 10.3. The van der Waals surface area contributed by atoms with Crippen molar-refractivity contribution in [2.75, 3.05) is 11.4 Å². The van der Waals surface area contributed by atoms with Gasteiger partial charge in [-0.3, -0.25) is 0 Å². The van der Waals surface area contributed by atoms with Gasteiger partial charge in [0.05, 0.1) is 18.1 Å². The fourth-order valence-electron chi connectivity index (χ4n) is 2.28. The van der Waals surface area contributed by atoms with Crippen molar-refractivity contribution in [2.45, 2.75) is 25.1 Å². The summed E-state index contributed by atoms with van der Waals surface area (Å²) in [5.41, 5.74) is 0.720. The minimum Gasteiger partial charge on any atom is -0.347 e. The van der Waals surface area contributed by atoms with Crippen LogP contribution in [0.1, 0.15) is 17.3 Å². The molecule has 0 bridgehead atoms. The van der Waals surface area contributed by atoms with Gasteiger partial charge in [0.1, 0.15) is 5.82 Å². The van der Waals surface area contributed by atoms with Gasteiger partial charge >= 0.3 is 6.18 Å². The molecule has 21 heavy (non-hydrogen) atoms. The Morgan fingerprint density at radius 3 is 2.71 bits per heavy atom. The molecule has 3 heterocycles. The zero-order chi connectivity index (χ0) is 15.0. The van der Waals surface area contributed by atoms with E-state index >= 15 is 0 Å². The Kier molecular flexibility index (Phi) is 3.48. The monoisotopic (exact) mass is 317 g/mol. The maximum Gasteiger partial charge on any atom is 0.451 e. The average Bonchev–Trinajstić information content (AvgIpc) is 2.90. The van der Waals surface area contributed by atoms with Crippen molar-refractivity contribution in [3.63, 3.8) is 0 Å². The summed E-state index contributed by atoms with van der Waals surface area (Å²) in [5, 5.41) is 6.89. The van der Waals surface area contributed by atoms with Gasteiger partial charge in [-0.2, -0.15) is 13.2 Å². The number of anilines is 1. The van der Waals surface area contributed by atoms with Gasteiger partial charge in [-0.1, -0.05) is 6.07 Å². The zero-order valence-electron chi connectivity index (χ0n) is 10.8. The van der Waals surface area contributed by atoms with Crippen LogP contribution in [0, 0.1) is 0 Å². The van der Waals surface area contributed by atoms with E-state index in [1.54, 1.807) is 12.1 Å². The van der Waals surface area contributed by atoms with Crippen LogP contribution in [0.4, 0.5) is 19.0 Å². The van der Waals surface area contributed by atoms with Crippen LogP contribution < -0.4 is 4.90 Å². The first-order chi connectivity index (χ1) is 9.99. The van der Waals surface area contributed by atoms with E-state index in [0.29, 0.717) is 12.4 Å². The number of alkyl halides is 4. The second-order valence-electron chi connectivity index (χ2n) is 4.63. The third kappa shape index (κ3) is 2.67. The van der Waals surface area contributed by atoms with Crippen LogP contribution in [0.3, 0.4) is 0 Å². The van der Waals surface area contributed by atoms with E-state index < -0.39 is 12.0 Å². The van der Waals surface area contributed by atoms with Gasteiger partial charge < -0.3 is 9.47 Å². The first kappa shape index (κ1) is 14.1. The molecule has 0 fully saturated rings. The first-order valence-corrected chi connectivity index (χ1v) is 6.78. The number of fused-ring (bicyclic) bond motifs is 1. The molecule has 9 heteroatoms. The molecule has 2 aromatic rings. The van der Waals surface area contributed by atoms with Gasteiger partial charge in [-0.05, 0) is 12.1 Å². The van der Waals surface area contributed by atoms with E-state index in [2.05, 4.69) is 15.2 Å². The second-order valence-corrected chi connectivity index (χ2v) is 4.90. The molecule has 0 spiro atoms. The lowest BCUT2D eigenvalue weighted by Crippen LogP contribution is -2.35. The molecule has 1 aliphatic rings. The molecule has 0 atom stereocenters. The van der Waals surface area contributed by atoms with E-state index in [-0.39, 0.29) is 24.8 Å². The van der Waals surface area contributed by atoms with Crippen LogP contribution in [0.5, 0.6) is 0 Å². The Balaban J connectivity index is 1.86. The van der Waals surface area contributed by atoms with E-state index in [1.807, 2.05) is 11.0 Å². The predicted octanol–water partition coefficient (Wildman–Crippen LogP) is 2.45. The number of halogens is 4. The zero-order valence-corrected chi connectivity index (χ0v) is 11.6. The molecule has 112 valence electrons. The number of hydrogen-bond acceptors (Lipinski definition) is 4. The maximum atomic E-state index is 12.8. The van der Waals surface area contributed by atoms with E-state index in [9.17, 15) is 13.2 Å². The topological polar surface area (TPSA) is 46.8 Å². The summed E-state index contributed by atoms with van der Waals surface area (Å²) in [4.78, 5) is 6.22. The summed E-state index contributed by atoms with van der Waals surface area (Å²) in [6.07, 6.45) is -4.48. The maximum absolute atomic E-state index is 12.8. The van der Waals surface area contributed by atoms with E-state index in [1.165, 1.54) is 0 Å². The van der Waals surface area contributed by atoms with Gasteiger partial charge in [0.25, 0.3) is 0 Å². The highest BCUT2D eigenvalue weighted by Crippen LogP contribution is 2.30. The van der Waals surface area contributed by atoms with Crippen molar-refractivity contribution in [3.05, 3.63) is 35.5 Å². The first-order valence-electron chi connectivity index (χ1n) is 6.25. The Hall–Kier alpha value is -1.83. The lowest BCUT2D eigenvalue weighted by molar-refractivity contribution is -0.147. The van der Waals surface area contributed by atoms with Crippen molar-refractivity contribution in [1.82, 2.24) is 19.7 Å². The second kappa shape index (κ2) is 5.18. The SMILES string of the molecule is FC(F)(F)c1nnc2n1CCN(c1cccc(CCl)n1)C2. The van der Waals surface area contributed by atoms with Gasteiger partial charge in [0.15, 0.2) is 5.82 Å². The molecule has 2 aromatic heterocycles. The molecular weight excluding hydrogens is 307 g/mol. The summed E-state index contributed by atoms with van der Waals surface area (Å²) in [6, 6.07) is 5.41. The largest absolute Gasteiger partial charge is 0.451 e. The summed E-state index contributed by atoms with van der Waals surface area (Å²) >= 11 is 5.74. The molecule has 0 aliphatic carbocycles. The molecule has 0 N–H and O–H groups in total. The normalized spacial score (nSPS) is 15.1. The van der Waals surface area contributed by atoms with Crippen LogP contribution in [0.25, 0.3) is 0 Å². The predicted molar refractivity (Wildman–Crippen MR) is 69.9 cm³/mol. The van der Waals surface area contributed by atoms with E-state index in [0.717, 1.165) is 10.3 Å². The fraction of sp³-hybridized carbons (Fsp3) is 0.417. The number of aromatic nitrogens is 4. The Morgan fingerprint density at radius 1 is 1.19 bits per heavy atom. The highest BCUT2D eigenvalue weighted by molar-refractivity contribution is 6.16. The third-order valence-electron chi connectivity index (χ3n) is 3.26. The minimum atomic E-state index is -4.48. The molecule has 5 nitrogen and oxygen atoms in total. The van der Waals surface area contributed by atoms with Crippen LogP contribution in [-0.4, -0.2) is 26.3 Å². The number of nitrogens with zero attached hydrogens (tertiary/aromatic N) is 5. The van der Waals surface area contributed by atoms with Crippen LogP contribution in [0.15, 0.2) is 18.2 Å². The van der Waals surface area contributed by atoms with Crippen molar-refractivity contribution in [1.29, 1.82) is 0 Å². The quantitative estimate of drug-likeness (QED) is 0.798. The van der Waals surface area contributed by atoms with Crippen LogP contribution >= 0.6 is 11.6 Å². The molecule has 0 unspecified atom stereocenters. The molecule has 0 saturated carbocycles. The molecule has 0 radical (unpaired) electrons. The molecule has 0 aromatic carbocycles. The van der Waals surface area contributed by atoms with Crippen LogP contribution in [-0.2, 0) is 25.1 Å². The van der Waals surface area contributed by atoms with Gasteiger partial charge in [-0.15, -0.1) is 21.8 Å². The standard InChI is InChI=1S/C12H11ClF3N5/c13-6-8-2-1-3-9(17-8)20-4-5-21-10(7-20)18-19-11(21)12(14,15)16/h1-3H,4-7H2. The highest BCUT2D eigenvalue weighted by Gasteiger charge is 2.39. The molecule has 0 saturated heterocycles. The highest BCUT2D eigenvalue weighted by atomic mass is 35.5. The molecule has 3 rings (SSSR count). The summed E-state index contributed by atoms with van der Waals surface area (Å²) in [5.74, 6) is 0.304. The van der Waals surface area contributed by atoms with Gasteiger partial charge in [0.2, 0.25) is 5.82 Å². The van der Waals surface area contributed by atoms with Crippen molar-refractivity contribution in [2.24, 2.45) is 0 Å². The Labute approximate surface area is 123 Å². The minimum absolute atomic E-state index is 0.171. The number of rotatable bonds is 2. The number of hydrogen-bond donors (Lipinski definition) is 0. The number of pyridine rings is 1. The summed E-state index contributed by atoms with van der Waals surface area (Å²) in [7, 11) is 0. The summed E-state index contributed by atoms with van der Waals surface area (Å²) < 4.78 is 39.4. The van der Waals surface area contributed by atoms with Crippen LogP contribution in [0.2, 0.25) is 0 Å².